The molecule has 5 heteroatoms. The van der Waals surface area contributed by atoms with Crippen molar-refractivity contribution in [2.75, 3.05) is 27.3 Å². The zero-order chi connectivity index (χ0) is 10.6. The highest BCUT2D eigenvalue weighted by atomic mass is 16.5. The molecule has 0 aromatic rings. The number of ether oxygens (including phenoxy) is 2. The first-order valence-electron chi connectivity index (χ1n) is 4.58. The van der Waals surface area contributed by atoms with Gasteiger partial charge in [0.2, 0.25) is 0 Å². The summed E-state index contributed by atoms with van der Waals surface area (Å²) in [7, 11) is 2.87. The first-order valence-corrected chi connectivity index (χ1v) is 4.58. The maximum Gasteiger partial charge on any atom is 0.325 e. The third kappa shape index (κ3) is 2.70. The summed E-state index contributed by atoms with van der Waals surface area (Å²) >= 11 is 0. The Hall–Kier alpha value is -1.10. The number of nitrogens with zero attached hydrogens (tertiary/aromatic N) is 1. The van der Waals surface area contributed by atoms with E-state index in [-0.39, 0.29) is 18.6 Å². The first kappa shape index (κ1) is 11.0. The molecule has 0 saturated carbocycles. The molecule has 0 aromatic carbocycles. The number of esters is 1. The standard InChI is InChI=1S/C9H15NO4/c1-10(6-8(11)13-2)9(12)7-4-3-5-14-7/h7H,3-6H2,1-2H3/t7-/m1/s1. The summed E-state index contributed by atoms with van der Waals surface area (Å²) in [6.45, 7) is 0.609. The summed E-state index contributed by atoms with van der Waals surface area (Å²) in [5.74, 6) is -0.563. The minimum atomic E-state index is -0.418. The molecule has 0 unspecified atom stereocenters. The van der Waals surface area contributed by atoms with Gasteiger partial charge in [0, 0.05) is 13.7 Å². The van der Waals surface area contributed by atoms with Gasteiger partial charge in [-0.05, 0) is 12.8 Å². The van der Waals surface area contributed by atoms with Crippen LogP contribution in [0.1, 0.15) is 12.8 Å². The van der Waals surface area contributed by atoms with E-state index in [0.717, 1.165) is 12.8 Å². The Kier molecular flexibility index (Phi) is 3.88. The van der Waals surface area contributed by atoms with Crippen LogP contribution in [0.5, 0.6) is 0 Å². The Labute approximate surface area is 83.0 Å². The zero-order valence-electron chi connectivity index (χ0n) is 8.49. The molecule has 80 valence electrons. The van der Waals surface area contributed by atoms with E-state index in [4.69, 9.17) is 4.74 Å². The van der Waals surface area contributed by atoms with Gasteiger partial charge in [0.05, 0.1) is 7.11 Å². The molecule has 5 nitrogen and oxygen atoms in total. The van der Waals surface area contributed by atoms with E-state index in [1.54, 1.807) is 7.05 Å². The molecule has 0 aliphatic carbocycles. The quantitative estimate of drug-likeness (QED) is 0.593. The summed E-state index contributed by atoms with van der Waals surface area (Å²) in [4.78, 5) is 23.8. The second-order valence-corrected chi connectivity index (χ2v) is 3.27. The largest absolute Gasteiger partial charge is 0.468 e. The summed E-state index contributed by atoms with van der Waals surface area (Å²) in [6, 6.07) is 0. The molecule has 0 bridgehead atoms. The SMILES string of the molecule is COC(=O)CN(C)C(=O)[C@H]1CCCO1. The second-order valence-electron chi connectivity index (χ2n) is 3.27. The lowest BCUT2D eigenvalue weighted by Crippen LogP contribution is -2.39. The van der Waals surface area contributed by atoms with Crippen molar-refractivity contribution in [2.24, 2.45) is 0 Å². The number of amides is 1. The molecule has 1 fully saturated rings. The summed E-state index contributed by atoms with van der Waals surface area (Å²) < 4.78 is 9.67. The average Bonchev–Trinajstić information content (AvgIpc) is 2.69. The summed E-state index contributed by atoms with van der Waals surface area (Å²) in [5.41, 5.74) is 0. The van der Waals surface area contributed by atoms with Gasteiger partial charge in [0.1, 0.15) is 12.6 Å². The highest BCUT2D eigenvalue weighted by Crippen LogP contribution is 2.13. The fraction of sp³-hybridized carbons (Fsp3) is 0.778. The highest BCUT2D eigenvalue weighted by Gasteiger charge is 2.27. The van der Waals surface area contributed by atoms with E-state index >= 15 is 0 Å². The molecule has 0 aromatic heterocycles. The van der Waals surface area contributed by atoms with Gasteiger partial charge in [-0.1, -0.05) is 0 Å². The van der Waals surface area contributed by atoms with Crippen LogP contribution in [0, 0.1) is 0 Å². The van der Waals surface area contributed by atoms with E-state index in [2.05, 4.69) is 4.74 Å². The predicted molar refractivity (Wildman–Crippen MR) is 48.6 cm³/mol. The molecule has 1 rings (SSSR count). The van der Waals surface area contributed by atoms with Crippen molar-refractivity contribution in [1.82, 2.24) is 4.90 Å². The molecule has 1 atom stereocenters. The minimum absolute atomic E-state index is 0.0187. The summed E-state index contributed by atoms with van der Waals surface area (Å²) in [6.07, 6.45) is 1.27. The van der Waals surface area contributed by atoms with E-state index in [1.165, 1.54) is 12.0 Å². The van der Waals surface area contributed by atoms with Crippen LogP contribution in [0.15, 0.2) is 0 Å². The number of methoxy groups -OCH3 is 1. The number of carbonyl (C=O) groups is 2. The molecule has 0 N–H and O–H groups in total. The lowest BCUT2D eigenvalue weighted by atomic mass is 10.2. The van der Waals surface area contributed by atoms with Gasteiger partial charge in [-0.15, -0.1) is 0 Å². The first-order chi connectivity index (χ1) is 6.65. The van der Waals surface area contributed by atoms with Crippen LogP contribution < -0.4 is 0 Å². The molecule has 14 heavy (non-hydrogen) atoms. The van der Waals surface area contributed by atoms with Crippen LogP contribution in [-0.4, -0.2) is 50.2 Å². The molecule has 1 aliphatic heterocycles. The van der Waals surface area contributed by atoms with E-state index in [1.807, 2.05) is 0 Å². The van der Waals surface area contributed by atoms with Crippen LogP contribution in [0.3, 0.4) is 0 Å². The van der Waals surface area contributed by atoms with Crippen LogP contribution in [0.4, 0.5) is 0 Å². The number of likely N-dealkylation sites (N-methyl/N-ethyl adjacent to an activating group) is 1. The average molecular weight is 201 g/mol. The molecule has 0 radical (unpaired) electrons. The number of hydrogen-bond acceptors (Lipinski definition) is 4. The monoisotopic (exact) mass is 201 g/mol. The van der Waals surface area contributed by atoms with Gasteiger partial charge in [-0.25, -0.2) is 0 Å². The topological polar surface area (TPSA) is 55.8 Å². The Balaban J connectivity index is 2.39. The molecule has 1 heterocycles. The molecule has 0 spiro atoms. The zero-order valence-corrected chi connectivity index (χ0v) is 8.49. The van der Waals surface area contributed by atoms with Crippen molar-refractivity contribution in [1.29, 1.82) is 0 Å². The van der Waals surface area contributed by atoms with Gasteiger partial charge in [-0.3, -0.25) is 9.59 Å². The van der Waals surface area contributed by atoms with Crippen molar-refractivity contribution >= 4 is 11.9 Å². The predicted octanol–water partition coefficient (Wildman–Crippen LogP) is -0.203. The smallest absolute Gasteiger partial charge is 0.325 e. The van der Waals surface area contributed by atoms with E-state index in [9.17, 15) is 9.59 Å². The Morgan fingerprint density at radius 2 is 2.29 bits per heavy atom. The maximum atomic E-state index is 11.6. The third-order valence-corrected chi connectivity index (χ3v) is 2.18. The minimum Gasteiger partial charge on any atom is -0.468 e. The van der Waals surface area contributed by atoms with Crippen molar-refractivity contribution in [3.05, 3.63) is 0 Å². The van der Waals surface area contributed by atoms with Crippen molar-refractivity contribution < 1.29 is 19.1 Å². The van der Waals surface area contributed by atoms with Crippen molar-refractivity contribution in [3.63, 3.8) is 0 Å². The van der Waals surface area contributed by atoms with Crippen LogP contribution >= 0.6 is 0 Å². The van der Waals surface area contributed by atoms with Crippen molar-refractivity contribution in [2.45, 2.75) is 18.9 Å². The third-order valence-electron chi connectivity index (χ3n) is 2.18. The van der Waals surface area contributed by atoms with Gasteiger partial charge < -0.3 is 14.4 Å². The van der Waals surface area contributed by atoms with Gasteiger partial charge in [0.15, 0.2) is 0 Å². The number of carbonyl (C=O) groups excluding carboxylic acids is 2. The van der Waals surface area contributed by atoms with Crippen LogP contribution in [-0.2, 0) is 19.1 Å². The maximum absolute atomic E-state index is 11.6. The lowest BCUT2D eigenvalue weighted by Gasteiger charge is -2.18. The molecule has 1 aliphatic rings. The van der Waals surface area contributed by atoms with Crippen molar-refractivity contribution in [3.8, 4) is 0 Å². The van der Waals surface area contributed by atoms with Gasteiger partial charge >= 0.3 is 5.97 Å². The fourth-order valence-electron chi connectivity index (χ4n) is 1.35. The Morgan fingerprint density at radius 1 is 1.57 bits per heavy atom. The van der Waals surface area contributed by atoms with Crippen LogP contribution in [0.2, 0.25) is 0 Å². The lowest BCUT2D eigenvalue weighted by molar-refractivity contribution is -0.149. The highest BCUT2D eigenvalue weighted by molar-refractivity contribution is 5.85. The normalized spacial score (nSPS) is 20.6. The number of rotatable bonds is 3. The van der Waals surface area contributed by atoms with Crippen LogP contribution in [0.25, 0.3) is 0 Å². The molecular formula is C9H15NO4. The molecular weight excluding hydrogens is 186 g/mol. The molecule has 1 amide bonds. The Morgan fingerprint density at radius 3 is 2.79 bits per heavy atom. The molecule has 1 saturated heterocycles. The van der Waals surface area contributed by atoms with E-state index < -0.39 is 5.97 Å². The fourth-order valence-corrected chi connectivity index (χ4v) is 1.35. The van der Waals surface area contributed by atoms with Gasteiger partial charge in [0.25, 0.3) is 5.91 Å². The number of hydrogen-bond donors (Lipinski definition) is 0. The van der Waals surface area contributed by atoms with E-state index in [0.29, 0.717) is 6.61 Å². The van der Waals surface area contributed by atoms with Gasteiger partial charge in [-0.2, -0.15) is 0 Å². The second kappa shape index (κ2) is 4.95. The summed E-state index contributed by atoms with van der Waals surface area (Å²) in [5, 5.41) is 0. The Bertz CT molecular complexity index is 223.